The largest absolute Gasteiger partial charge is 0.387 e. The predicted octanol–water partition coefficient (Wildman–Crippen LogP) is 2.50. The van der Waals surface area contributed by atoms with Crippen LogP contribution in [-0.2, 0) is 6.42 Å². The number of fused-ring (bicyclic) bond motifs is 3. The Morgan fingerprint density at radius 2 is 2.24 bits per heavy atom. The van der Waals surface area contributed by atoms with Crippen molar-refractivity contribution in [2.75, 3.05) is 11.4 Å². The maximum Gasteiger partial charge on any atom is 0.186 e. The Labute approximate surface area is 105 Å². The van der Waals surface area contributed by atoms with Crippen LogP contribution in [0.1, 0.15) is 48.8 Å². The summed E-state index contributed by atoms with van der Waals surface area (Å²) in [6, 6.07) is 0.741. The van der Waals surface area contributed by atoms with E-state index in [1.54, 1.807) is 0 Å². The van der Waals surface area contributed by atoms with E-state index in [1.165, 1.54) is 35.8 Å². The number of hydrogen-bond donors (Lipinski definition) is 1. The van der Waals surface area contributed by atoms with Crippen LogP contribution >= 0.6 is 11.3 Å². The number of aliphatic hydroxyl groups is 1. The standard InChI is InChI=1S/C13H18N2OS/c16-10-2-1-3-11-12(10)14-13(17-11)15-7-8-4-5-9(15)6-8/h8-10,16H,1-7H2. The third kappa shape index (κ3) is 1.54. The molecule has 3 aliphatic rings. The van der Waals surface area contributed by atoms with E-state index in [0.717, 1.165) is 36.9 Å². The molecule has 2 bridgehead atoms. The Morgan fingerprint density at radius 1 is 1.29 bits per heavy atom. The van der Waals surface area contributed by atoms with Gasteiger partial charge in [0.25, 0.3) is 0 Å². The normalized spacial score (nSPS) is 35.4. The van der Waals surface area contributed by atoms with Crippen LogP contribution in [-0.4, -0.2) is 22.7 Å². The van der Waals surface area contributed by atoms with Crippen molar-refractivity contribution in [1.29, 1.82) is 0 Å². The number of rotatable bonds is 1. The van der Waals surface area contributed by atoms with E-state index in [0.29, 0.717) is 0 Å². The molecule has 3 nitrogen and oxygen atoms in total. The summed E-state index contributed by atoms with van der Waals surface area (Å²) < 4.78 is 0. The van der Waals surface area contributed by atoms with E-state index in [9.17, 15) is 5.11 Å². The Bertz CT molecular complexity index is 445. The molecule has 4 rings (SSSR count). The summed E-state index contributed by atoms with van der Waals surface area (Å²) >= 11 is 1.83. The molecule has 3 atom stereocenters. The van der Waals surface area contributed by atoms with Crippen molar-refractivity contribution in [2.24, 2.45) is 5.92 Å². The molecule has 1 aromatic heterocycles. The minimum absolute atomic E-state index is 0.302. The van der Waals surface area contributed by atoms with Gasteiger partial charge in [0.1, 0.15) is 0 Å². The quantitative estimate of drug-likeness (QED) is 0.832. The van der Waals surface area contributed by atoms with Crippen molar-refractivity contribution in [2.45, 2.75) is 50.7 Å². The zero-order valence-corrected chi connectivity index (χ0v) is 10.7. The van der Waals surface area contributed by atoms with Crippen LogP contribution in [0, 0.1) is 5.92 Å². The molecule has 0 amide bonds. The van der Waals surface area contributed by atoms with Crippen LogP contribution in [0.3, 0.4) is 0 Å². The second kappa shape index (κ2) is 3.69. The van der Waals surface area contributed by atoms with Gasteiger partial charge in [-0.25, -0.2) is 4.98 Å². The first-order valence-electron chi connectivity index (χ1n) is 6.75. The first kappa shape index (κ1) is 10.3. The number of thiazole rings is 1. The summed E-state index contributed by atoms with van der Waals surface area (Å²) in [7, 11) is 0. The van der Waals surface area contributed by atoms with Crippen molar-refractivity contribution in [3.05, 3.63) is 10.6 Å². The molecule has 1 aromatic rings. The summed E-state index contributed by atoms with van der Waals surface area (Å²) in [6.07, 6.45) is 6.94. The maximum atomic E-state index is 9.98. The molecule has 1 N–H and O–H groups in total. The Kier molecular flexibility index (Phi) is 2.24. The van der Waals surface area contributed by atoms with E-state index in [-0.39, 0.29) is 6.10 Å². The van der Waals surface area contributed by atoms with Gasteiger partial charge in [0, 0.05) is 17.5 Å². The molecular formula is C13H18N2OS. The molecule has 17 heavy (non-hydrogen) atoms. The van der Waals surface area contributed by atoms with Crippen molar-refractivity contribution < 1.29 is 5.11 Å². The summed E-state index contributed by atoms with van der Waals surface area (Å²) in [5, 5.41) is 11.2. The van der Waals surface area contributed by atoms with Gasteiger partial charge in [0.15, 0.2) is 5.13 Å². The second-order valence-electron chi connectivity index (χ2n) is 5.70. The van der Waals surface area contributed by atoms with Crippen molar-refractivity contribution >= 4 is 16.5 Å². The lowest BCUT2D eigenvalue weighted by atomic mass is 10.0. The molecular weight excluding hydrogens is 232 g/mol. The fourth-order valence-corrected chi connectivity index (χ4v) is 4.90. The van der Waals surface area contributed by atoms with Gasteiger partial charge >= 0.3 is 0 Å². The topological polar surface area (TPSA) is 36.4 Å². The highest BCUT2D eigenvalue weighted by Gasteiger charge is 2.39. The fraction of sp³-hybridized carbons (Fsp3) is 0.769. The average molecular weight is 250 g/mol. The Balaban J connectivity index is 1.66. The van der Waals surface area contributed by atoms with Crippen LogP contribution < -0.4 is 4.90 Å². The van der Waals surface area contributed by atoms with Crippen LogP contribution in [0.15, 0.2) is 0 Å². The van der Waals surface area contributed by atoms with E-state index in [1.807, 2.05) is 11.3 Å². The third-order valence-corrected chi connectivity index (χ3v) is 5.74. The molecule has 2 fully saturated rings. The molecule has 2 heterocycles. The third-order valence-electron chi connectivity index (χ3n) is 4.57. The first-order valence-corrected chi connectivity index (χ1v) is 7.57. The highest BCUT2D eigenvalue weighted by atomic mass is 32.1. The van der Waals surface area contributed by atoms with E-state index >= 15 is 0 Å². The molecule has 1 aliphatic heterocycles. The number of piperidine rings is 1. The highest BCUT2D eigenvalue weighted by Crippen LogP contribution is 2.44. The van der Waals surface area contributed by atoms with Gasteiger partial charge in [-0.3, -0.25) is 0 Å². The van der Waals surface area contributed by atoms with Crippen LogP contribution in [0.2, 0.25) is 0 Å². The summed E-state index contributed by atoms with van der Waals surface area (Å²) in [4.78, 5) is 8.57. The molecule has 4 heteroatoms. The predicted molar refractivity (Wildman–Crippen MR) is 68.5 cm³/mol. The molecule has 1 saturated carbocycles. The number of aromatic nitrogens is 1. The maximum absolute atomic E-state index is 9.98. The summed E-state index contributed by atoms with van der Waals surface area (Å²) in [6.45, 7) is 1.20. The smallest absolute Gasteiger partial charge is 0.186 e. The van der Waals surface area contributed by atoms with Crippen molar-refractivity contribution in [1.82, 2.24) is 4.98 Å². The lowest BCUT2D eigenvalue weighted by molar-refractivity contribution is 0.153. The SMILES string of the molecule is OC1CCCc2sc(N3CC4CCC3C4)nc21. The van der Waals surface area contributed by atoms with Gasteiger partial charge in [-0.15, -0.1) is 11.3 Å². The zero-order valence-electron chi connectivity index (χ0n) is 9.93. The van der Waals surface area contributed by atoms with E-state index in [4.69, 9.17) is 4.98 Å². The average Bonchev–Trinajstić information content (AvgIpc) is 3.03. The van der Waals surface area contributed by atoms with Crippen molar-refractivity contribution in [3.63, 3.8) is 0 Å². The molecule has 0 radical (unpaired) electrons. The minimum Gasteiger partial charge on any atom is -0.387 e. The molecule has 0 aromatic carbocycles. The van der Waals surface area contributed by atoms with Gasteiger partial charge in [-0.2, -0.15) is 0 Å². The van der Waals surface area contributed by atoms with E-state index in [2.05, 4.69) is 4.90 Å². The number of hydrogen-bond acceptors (Lipinski definition) is 4. The molecule has 3 unspecified atom stereocenters. The number of aryl methyl sites for hydroxylation is 1. The molecule has 2 aliphatic carbocycles. The highest BCUT2D eigenvalue weighted by molar-refractivity contribution is 7.15. The molecule has 1 saturated heterocycles. The van der Waals surface area contributed by atoms with Gasteiger partial charge in [0.2, 0.25) is 0 Å². The number of anilines is 1. The lowest BCUT2D eigenvalue weighted by Gasteiger charge is -2.26. The molecule has 92 valence electrons. The van der Waals surface area contributed by atoms with Crippen LogP contribution in [0.4, 0.5) is 5.13 Å². The van der Waals surface area contributed by atoms with Crippen LogP contribution in [0.5, 0.6) is 0 Å². The number of nitrogens with zero attached hydrogens (tertiary/aromatic N) is 2. The fourth-order valence-electron chi connectivity index (χ4n) is 3.66. The zero-order chi connectivity index (χ0) is 11.4. The summed E-state index contributed by atoms with van der Waals surface area (Å²) in [5.41, 5.74) is 0.985. The van der Waals surface area contributed by atoms with Crippen LogP contribution in [0.25, 0.3) is 0 Å². The first-order chi connectivity index (χ1) is 8.31. The Hall–Kier alpha value is -0.610. The van der Waals surface area contributed by atoms with Gasteiger partial charge in [0.05, 0.1) is 11.8 Å². The second-order valence-corrected chi connectivity index (χ2v) is 6.76. The Morgan fingerprint density at radius 3 is 2.94 bits per heavy atom. The van der Waals surface area contributed by atoms with Crippen molar-refractivity contribution in [3.8, 4) is 0 Å². The van der Waals surface area contributed by atoms with Gasteiger partial charge in [-0.05, 0) is 44.4 Å². The minimum atomic E-state index is -0.302. The molecule has 0 spiro atoms. The summed E-state index contributed by atoms with van der Waals surface area (Å²) in [5.74, 6) is 0.908. The van der Waals surface area contributed by atoms with E-state index < -0.39 is 0 Å². The van der Waals surface area contributed by atoms with Gasteiger partial charge in [-0.1, -0.05) is 0 Å². The number of aliphatic hydroxyl groups excluding tert-OH is 1. The van der Waals surface area contributed by atoms with Gasteiger partial charge < -0.3 is 10.0 Å². The lowest BCUT2D eigenvalue weighted by Crippen LogP contribution is -2.31. The monoisotopic (exact) mass is 250 g/mol.